The van der Waals surface area contributed by atoms with E-state index in [9.17, 15) is 14.4 Å². The highest BCUT2D eigenvalue weighted by Gasteiger charge is 2.18. The largest absolute Gasteiger partial charge is 0.465 e. The zero-order chi connectivity index (χ0) is 18.6. The first-order valence-corrected chi connectivity index (χ1v) is 8.85. The Kier molecular flexibility index (Phi) is 6.19. The van der Waals surface area contributed by atoms with Gasteiger partial charge in [0.2, 0.25) is 5.91 Å². The minimum Gasteiger partial charge on any atom is -0.465 e. The molecule has 0 aliphatic carbocycles. The molecule has 1 aromatic heterocycles. The van der Waals surface area contributed by atoms with Gasteiger partial charge in [-0.15, -0.1) is 0 Å². The number of carbonyl (C=O) groups is 2. The molecule has 1 heterocycles. The van der Waals surface area contributed by atoms with Gasteiger partial charge in [-0.2, -0.15) is 0 Å². The smallest absolute Gasteiger partial charge is 0.337 e. The number of carbonyl (C=O) groups excluding carboxylic acids is 2. The summed E-state index contributed by atoms with van der Waals surface area (Å²) in [5.41, 5.74) is 5.83. The van der Waals surface area contributed by atoms with E-state index in [0.717, 1.165) is 24.6 Å². The van der Waals surface area contributed by atoms with E-state index in [0.29, 0.717) is 28.2 Å². The molecule has 0 saturated heterocycles. The third-order valence-corrected chi connectivity index (χ3v) is 4.87. The number of nitrogens with two attached hydrogens (primary N) is 1. The molecule has 2 N–H and O–H groups in total. The molecular weight excluding hydrogens is 342 g/mol. The van der Waals surface area contributed by atoms with Crippen LogP contribution >= 0.6 is 11.8 Å². The molecule has 7 nitrogen and oxygen atoms in total. The number of hydrogen-bond donors (Lipinski definition) is 1. The number of nitrogens with zero attached hydrogens (tertiary/aromatic N) is 2. The van der Waals surface area contributed by atoms with Crippen LogP contribution in [0.3, 0.4) is 0 Å². The molecule has 0 unspecified atom stereocenters. The summed E-state index contributed by atoms with van der Waals surface area (Å²) in [7, 11) is 1.29. The molecule has 25 heavy (non-hydrogen) atoms. The van der Waals surface area contributed by atoms with E-state index in [1.54, 1.807) is 23.6 Å². The highest BCUT2D eigenvalue weighted by molar-refractivity contribution is 8.00. The van der Waals surface area contributed by atoms with Gasteiger partial charge in [0.15, 0.2) is 5.16 Å². The molecule has 0 bridgehead atoms. The topological polar surface area (TPSA) is 104 Å². The van der Waals surface area contributed by atoms with Gasteiger partial charge in [0, 0.05) is 6.54 Å². The molecule has 0 fully saturated rings. The number of unbranched alkanes of at least 4 members (excludes halogenated alkanes) is 1. The quantitative estimate of drug-likeness (QED) is 0.458. The normalized spacial score (nSPS) is 12.1. The van der Waals surface area contributed by atoms with E-state index in [2.05, 4.69) is 4.98 Å². The third kappa shape index (κ3) is 4.19. The van der Waals surface area contributed by atoms with Crippen molar-refractivity contribution in [2.45, 2.75) is 43.6 Å². The summed E-state index contributed by atoms with van der Waals surface area (Å²) in [6.45, 7) is 4.20. The Balaban J connectivity index is 2.62. The second kappa shape index (κ2) is 8.15. The van der Waals surface area contributed by atoms with Crippen molar-refractivity contribution in [3.05, 3.63) is 34.1 Å². The van der Waals surface area contributed by atoms with E-state index >= 15 is 0 Å². The van der Waals surface area contributed by atoms with Gasteiger partial charge < -0.3 is 10.5 Å². The van der Waals surface area contributed by atoms with Crippen molar-refractivity contribution in [1.29, 1.82) is 0 Å². The first kappa shape index (κ1) is 19.0. The maximum Gasteiger partial charge on any atom is 0.337 e. The Hall–Kier alpha value is -2.35. The Morgan fingerprint density at radius 3 is 2.72 bits per heavy atom. The second-order valence-corrected chi connectivity index (χ2v) is 6.90. The molecule has 1 aromatic carbocycles. The van der Waals surface area contributed by atoms with Gasteiger partial charge in [0.1, 0.15) is 0 Å². The van der Waals surface area contributed by atoms with Crippen LogP contribution in [-0.2, 0) is 16.1 Å². The first-order valence-electron chi connectivity index (χ1n) is 7.98. The zero-order valence-corrected chi connectivity index (χ0v) is 15.3. The lowest BCUT2D eigenvalue weighted by molar-refractivity contribution is -0.117. The van der Waals surface area contributed by atoms with Crippen LogP contribution in [0.4, 0.5) is 0 Å². The number of benzene rings is 1. The molecule has 8 heteroatoms. The fourth-order valence-corrected chi connectivity index (χ4v) is 3.15. The van der Waals surface area contributed by atoms with Crippen LogP contribution in [-0.4, -0.2) is 33.8 Å². The maximum absolute atomic E-state index is 12.8. The number of amides is 1. The van der Waals surface area contributed by atoms with Crippen molar-refractivity contribution in [2.75, 3.05) is 7.11 Å². The van der Waals surface area contributed by atoms with E-state index in [4.69, 9.17) is 10.5 Å². The minimum absolute atomic E-state index is 0.200. The average Bonchev–Trinajstić information content (AvgIpc) is 2.60. The zero-order valence-electron chi connectivity index (χ0n) is 14.4. The summed E-state index contributed by atoms with van der Waals surface area (Å²) in [4.78, 5) is 40.4. The number of hydrogen-bond acceptors (Lipinski definition) is 6. The van der Waals surface area contributed by atoms with Gasteiger partial charge >= 0.3 is 5.97 Å². The molecule has 0 aliphatic heterocycles. The number of primary amides is 1. The van der Waals surface area contributed by atoms with Crippen LogP contribution in [0.2, 0.25) is 0 Å². The summed E-state index contributed by atoms with van der Waals surface area (Å²) in [6, 6.07) is 4.64. The van der Waals surface area contributed by atoms with Gasteiger partial charge in [-0.1, -0.05) is 25.1 Å². The molecule has 2 rings (SSSR count). The minimum atomic E-state index is -0.527. The van der Waals surface area contributed by atoms with Crippen LogP contribution in [0.15, 0.2) is 28.2 Å². The summed E-state index contributed by atoms with van der Waals surface area (Å²) < 4.78 is 6.27. The average molecular weight is 363 g/mol. The standard InChI is InChI=1S/C17H21N3O4S/c1-4-5-8-20-15(22)12-7-6-11(16(23)24-3)9-13(12)19-17(20)25-10(2)14(18)21/h6-7,9-10H,4-5,8H2,1-3H3,(H2,18,21)/t10-/m1/s1. The Labute approximate surface area is 149 Å². The Bertz CT molecular complexity index is 863. The lowest BCUT2D eigenvalue weighted by Crippen LogP contribution is -2.27. The number of thioether (sulfide) groups is 1. The predicted molar refractivity (Wildman–Crippen MR) is 96.8 cm³/mol. The molecule has 0 spiro atoms. The molecule has 1 atom stereocenters. The lowest BCUT2D eigenvalue weighted by atomic mass is 10.1. The number of fused-ring (bicyclic) bond motifs is 1. The van der Waals surface area contributed by atoms with Gasteiger partial charge in [0.05, 0.1) is 28.8 Å². The highest BCUT2D eigenvalue weighted by Crippen LogP contribution is 2.23. The monoisotopic (exact) mass is 363 g/mol. The molecular formula is C17H21N3O4S. The van der Waals surface area contributed by atoms with Crippen LogP contribution in [0.25, 0.3) is 10.9 Å². The molecule has 1 amide bonds. The van der Waals surface area contributed by atoms with Crippen molar-refractivity contribution in [2.24, 2.45) is 5.73 Å². The first-order chi connectivity index (χ1) is 11.9. The summed E-state index contributed by atoms with van der Waals surface area (Å²) in [5.74, 6) is -0.983. The number of ether oxygens (including phenoxy) is 1. The summed E-state index contributed by atoms with van der Waals surface area (Å²) >= 11 is 1.14. The Morgan fingerprint density at radius 1 is 1.40 bits per heavy atom. The van der Waals surface area contributed by atoms with Crippen LogP contribution in [0, 0.1) is 0 Å². The fraction of sp³-hybridized carbons (Fsp3) is 0.412. The summed E-state index contributed by atoms with van der Waals surface area (Å²) in [5, 5.41) is 0.306. The highest BCUT2D eigenvalue weighted by atomic mass is 32.2. The van der Waals surface area contributed by atoms with Crippen LogP contribution in [0.5, 0.6) is 0 Å². The molecule has 0 aliphatic rings. The maximum atomic E-state index is 12.8. The van der Waals surface area contributed by atoms with E-state index in [-0.39, 0.29) is 5.56 Å². The lowest BCUT2D eigenvalue weighted by Gasteiger charge is -2.15. The van der Waals surface area contributed by atoms with Crippen LogP contribution < -0.4 is 11.3 Å². The van der Waals surface area contributed by atoms with Crippen molar-refractivity contribution in [1.82, 2.24) is 9.55 Å². The Morgan fingerprint density at radius 2 is 2.12 bits per heavy atom. The number of methoxy groups -OCH3 is 1. The molecule has 134 valence electrons. The third-order valence-electron chi connectivity index (χ3n) is 3.76. The van der Waals surface area contributed by atoms with Crippen molar-refractivity contribution in [3.8, 4) is 0 Å². The molecule has 0 radical (unpaired) electrons. The van der Waals surface area contributed by atoms with Gasteiger partial charge in [-0.3, -0.25) is 14.2 Å². The fourth-order valence-electron chi connectivity index (χ4n) is 2.27. The van der Waals surface area contributed by atoms with E-state index in [1.165, 1.54) is 13.2 Å². The van der Waals surface area contributed by atoms with Gasteiger partial charge in [-0.05, 0) is 31.5 Å². The molecule has 0 saturated carbocycles. The summed E-state index contributed by atoms with van der Waals surface area (Å²) in [6.07, 6.45) is 1.73. The predicted octanol–water partition coefficient (Wildman–Crippen LogP) is 1.95. The number of rotatable bonds is 7. The second-order valence-electron chi connectivity index (χ2n) is 5.59. The van der Waals surface area contributed by atoms with Gasteiger partial charge in [-0.25, -0.2) is 9.78 Å². The van der Waals surface area contributed by atoms with Gasteiger partial charge in [0.25, 0.3) is 5.56 Å². The SMILES string of the molecule is CCCCn1c(S[C@H](C)C(N)=O)nc2cc(C(=O)OC)ccc2c1=O. The van der Waals surface area contributed by atoms with Crippen molar-refractivity contribution in [3.63, 3.8) is 0 Å². The number of aromatic nitrogens is 2. The van der Waals surface area contributed by atoms with E-state index in [1.807, 2.05) is 6.92 Å². The molecule has 2 aromatic rings. The van der Waals surface area contributed by atoms with Crippen LogP contribution in [0.1, 0.15) is 37.0 Å². The number of esters is 1. The van der Waals surface area contributed by atoms with Crippen molar-refractivity contribution < 1.29 is 14.3 Å². The van der Waals surface area contributed by atoms with E-state index < -0.39 is 17.1 Å². The van der Waals surface area contributed by atoms with Crippen molar-refractivity contribution >= 4 is 34.5 Å².